The molecule has 17 heavy (non-hydrogen) atoms. The highest BCUT2D eigenvalue weighted by Crippen LogP contribution is 2.21. The highest BCUT2D eigenvalue weighted by Gasteiger charge is 2.07. The molecule has 1 N–H and O–H groups in total. The van der Waals surface area contributed by atoms with Crippen molar-refractivity contribution in [3.63, 3.8) is 0 Å². The van der Waals surface area contributed by atoms with E-state index in [9.17, 15) is 0 Å². The molecule has 0 aliphatic rings. The van der Waals surface area contributed by atoms with Gasteiger partial charge >= 0.3 is 0 Å². The third-order valence-corrected chi connectivity index (χ3v) is 3.14. The molecule has 0 fully saturated rings. The summed E-state index contributed by atoms with van der Waals surface area (Å²) in [6.45, 7) is 4.56. The van der Waals surface area contributed by atoms with Crippen LogP contribution in [0.1, 0.15) is 16.8 Å². The Balaban J connectivity index is 2.07. The summed E-state index contributed by atoms with van der Waals surface area (Å²) >= 11 is 1.34. The molecular formula is C12H15N3OS. The van der Waals surface area contributed by atoms with Crippen molar-refractivity contribution >= 4 is 16.5 Å². The van der Waals surface area contributed by atoms with E-state index in [-0.39, 0.29) is 0 Å². The van der Waals surface area contributed by atoms with Crippen LogP contribution in [0.15, 0.2) is 18.2 Å². The number of hydrogen-bond acceptors (Lipinski definition) is 5. The van der Waals surface area contributed by atoms with Gasteiger partial charge in [0.25, 0.3) is 0 Å². The molecule has 90 valence electrons. The Hall–Kier alpha value is -1.62. The monoisotopic (exact) mass is 249 g/mol. The van der Waals surface area contributed by atoms with Gasteiger partial charge in [-0.1, -0.05) is 10.6 Å². The van der Waals surface area contributed by atoms with Gasteiger partial charge in [-0.25, -0.2) is 0 Å². The number of aryl methyl sites for hydroxylation is 2. The molecule has 1 aromatic heterocycles. The van der Waals surface area contributed by atoms with Crippen molar-refractivity contribution in [3.05, 3.63) is 35.0 Å². The van der Waals surface area contributed by atoms with Gasteiger partial charge in [-0.15, -0.1) is 5.10 Å². The predicted octanol–water partition coefficient (Wildman–Crippen LogP) is 2.78. The molecule has 4 nitrogen and oxygen atoms in total. The summed E-state index contributed by atoms with van der Waals surface area (Å²) in [5.41, 5.74) is 3.24. The molecule has 0 unspecified atom stereocenters. The molecule has 2 aromatic rings. The molecule has 0 aliphatic heterocycles. The third kappa shape index (κ3) is 2.94. The Labute approximate surface area is 105 Å². The molecule has 0 saturated heterocycles. The Morgan fingerprint density at radius 1 is 1.24 bits per heavy atom. The van der Waals surface area contributed by atoms with Gasteiger partial charge < -0.3 is 10.1 Å². The number of ether oxygens (including phenoxy) is 1. The molecule has 0 saturated carbocycles. The second-order valence-electron chi connectivity index (χ2n) is 3.91. The van der Waals surface area contributed by atoms with Gasteiger partial charge in [-0.2, -0.15) is 0 Å². The molecule has 5 heteroatoms. The standard InChI is InChI=1S/C12H15N3OS/c1-8-4-9(2)6-10(5-8)16-7-11-12(13-3)17-15-14-11/h4-6,13H,7H2,1-3H3. The van der Waals surface area contributed by atoms with Crippen LogP contribution in [0.4, 0.5) is 5.00 Å². The number of anilines is 1. The van der Waals surface area contributed by atoms with E-state index in [4.69, 9.17) is 4.74 Å². The molecule has 0 radical (unpaired) electrons. The average molecular weight is 249 g/mol. The lowest BCUT2D eigenvalue weighted by Crippen LogP contribution is -2.00. The minimum Gasteiger partial charge on any atom is -0.487 e. The van der Waals surface area contributed by atoms with E-state index in [1.54, 1.807) is 0 Å². The first kappa shape index (κ1) is 11.9. The van der Waals surface area contributed by atoms with Gasteiger partial charge in [0.2, 0.25) is 0 Å². The van der Waals surface area contributed by atoms with Crippen LogP contribution < -0.4 is 10.1 Å². The lowest BCUT2D eigenvalue weighted by atomic mass is 10.1. The van der Waals surface area contributed by atoms with Crippen molar-refractivity contribution < 1.29 is 4.74 Å². The fourth-order valence-electron chi connectivity index (χ4n) is 1.66. The number of hydrogen-bond donors (Lipinski definition) is 1. The Morgan fingerprint density at radius 3 is 2.59 bits per heavy atom. The smallest absolute Gasteiger partial charge is 0.136 e. The molecule has 2 rings (SSSR count). The van der Waals surface area contributed by atoms with Crippen molar-refractivity contribution in [2.24, 2.45) is 0 Å². The fourth-order valence-corrected chi connectivity index (χ4v) is 2.18. The lowest BCUT2D eigenvalue weighted by molar-refractivity contribution is 0.301. The van der Waals surface area contributed by atoms with E-state index < -0.39 is 0 Å². The van der Waals surface area contributed by atoms with Crippen molar-refractivity contribution in [2.45, 2.75) is 20.5 Å². The maximum atomic E-state index is 5.72. The summed E-state index contributed by atoms with van der Waals surface area (Å²) in [4.78, 5) is 0. The summed E-state index contributed by atoms with van der Waals surface area (Å²) < 4.78 is 9.61. The van der Waals surface area contributed by atoms with Crippen molar-refractivity contribution in [1.82, 2.24) is 9.59 Å². The van der Waals surface area contributed by atoms with Gasteiger partial charge in [0.05, 0.1) is 0 Å². The average Bonchev–Trinajstić information content (AvgIpc) is 2.72. The lowest BCUT2D eigenvalue weighted by Gasteiger charge is -2.07. The molecule has 0 bridgehead atoms. The van der Waals surface area contributed by atoms with E-state index in [2.05, 4.69) is 34.8 Å². The summed E-state index contributed by atoms with van der Waals surface area (Å²) in [5, 5.41) is 8.03. The first-order valence-electron chi connectivity index (χ1n) is 5.39. The third-order valence-electron chi connectivity index (χ3n) is 2.35. The SMILES string of the molecule is CNc1snnc1COc1cc(C)cc(C)c1. The second-order valence-corrected chi connectivity index (χ2v) is 4.66. The molecule has 1 aromatic carbocycles. The van der Waals surface area contributed by atoms with Crippen molar-refractivity contribution in [1.29, 1.82) is 0 Å². The zero-order chi connectivity index (χ0) is 12.3. The normalized spacial score (nSPS) is 10.3. The molecule has 0 amide bonds. The van der Waals surface area contributed by atoms with Gasteiger partial charge in [0.1, 0.15) is 23.1 Å². The van der Waals surface area contributed by atoms with Crippen LogP contribution in [-0.2, 0) is 6.61 Å². The first-order chi connectivity index (χ1) is 8.19. The maximum absolute atomic E-state index is 5.72. The molecule has 0 spiro atoms. The topological polar surface area (TPSA) is 47.0 Å². The van der Waals surface area contributed by atoms with E-state index >= 15 is 0 Å². The van der Waals surface area contributed by atoms with E-state index in [1.165, 1.54) is 22.7 Å². The van der Waals surface area contributed by atoms with E-state index in [0.29, 0.717) is 6.61 Å². The van der Waals surface area contributed by atoms with E-state index in [1.807, 2.05) is 19.2 Å². The molecular weight excluding hydrogens is 234 g/mol. The number of nitrogens with zero attached hydrogens (tertiary/aromatic N) is 2. The van der Waals surface area contributed by atoms with Gasteiger partial charge in [-0.3, -0.25) is 0 Å². The summed E-state index contributed by atoms with van der Waals surface area (Å²) in [6.07, 6.45) is 0. The zero-order valence-electron chi connectivity index (χ0n) is 10.2. The first-order valence-corrected chi connectivity index (χ1v) is 6.16. The van der Waals surface area contributed by atoms with Crippen molar-refractivity contribution in [3.8, 4) is 5.75 Å². The summed E-state index contributed by atoms with van der Waals surface area (Å²) in [6, 6.07) is 6.16. The van der Waals surface area contributed by atoms with Crippen LogP contribution in [0.25, 0.3) is 0 Å². The minimum absolute atomic E-state index is 0.440. The highest BCUT2D eigenvalue weighted by molar-refractivity contribution is 7.10. The van der Waals surface area contributed by atoms with E-state index in [0.717, 1.165) is 16.4 Å². The maximum Gasteiger partial charge on any atom is 0.136 e. The van der Waals surface area contributed by atoms with Gasteiger partial charge in [-0.05, 0) is 37.1 Å². The fraction of sp³-hybridized carbons (Fsp3) is 0.333. The zero-order valence-corrected chi connectivity index (χ0v) is 11.0. The van der Waals surface area contributed by atoms with Crippen LogP contribution in [-0.4, -0.2) is 16.6 Å². The number of rotatable bonds is 4. The van der Waals surface area contributed by atoms with Crippen LogP contribution in [0.5, 0.6) is 5.75 Å². The Bertz CT molecular complexity index is 490. The quantitative estimate of drug-likeness (QED) is 0.905. The Kier molecular flexibility index (Phi) is 3.58. The second kappa shape index (κ2) is 5.14. The van der Waals surface area contributed by atoms with Crippen LogP contribution in [0, 0.1) is 13.8 Å². The van der Waals surface area contributed by atoms with Crippen LogP contribution in [0.2, 0.25) is 0 Å². The highest BCUT2D eigenvalue weighted by atomic mass is 32.1. The molecule has 0 atom stereocenters. The number of nitrogens with one attached hydrogen (secondary N) is 1. The van der Waals surface area contributed by atoms with Gasteiger partial charge in [0, 0.05) is 18.6 Å². The number of aromatic nitrogens is 2. The largest absolute Gasteiger partial charge is 0.487 e. The van der Waals surface area contributed by atoms with Gasteiger partial charge in [0.15, 0.2) is 0 Å². The van der Waals surface area contributed by atoms with Crippen LogP contribution >= 0.6 is 11.5 Å². The van der Waals surface area contributed by atoms with Crippen molar-refractivity contribution in [2.75, 3.05) is 12.4 Å². The summed E-state index contributed by atoms with van der Waals surface area (Å²) in [5.74, 6) is 0.873. The number of benzene rings is 1. The Morgan fingerprint density at radius 2 is 1.94 bits per heavy atom. The van der Waals surface area contributed by atoms with Crippen LogP contribution in [0.3, 0.4) is 0 Å². The molecule has 1 heterocycles. The molecule has 0 aliphatic carbocycles. The summed E-state index contributed by atoms with van der Waals surface area (Å²) in [7, 11) is 1.86. The minimum atomic E-state index is 0.440. The predicted molar refractivity (Wildman–Crippen MR) is 69.7 cm³/mol.